The summed E-state index contributed by atoms with van der Waals surface area (Å²) in [6.07, 6.45) is 0.587. The lowest BCUT2D eigenvalue weighted by atomic mass is 10.3. The number of rotatable bonds is 4. The van der Waals surface area contributed by atoms with Crippen LogP contribution in [0.3, 0.4) is 0 Å². The fourth-order valence-electron chi connectivity index (χ4n) is 0.893. The highest BCUT2D eigenvalue weighted by Crippen LogP contribution is 2.13. The van der Waals surface area contributed by atoms with E-state index in [0.717, 1.165) is 10.2 Å². The summed E-state index contributed by atoms with van der Waals surface area (Å²) in [5.74, 6) is 0.225. The number of halogens is 1. The molecule has 0 aliphatic rings. The zero-order valence-electron chi connectivity index (χ0n) is 7.51. The Morgan fingerprint density at radius 2 is 2.00 bits per heavy atom. The minimum atomic E-state index is 0.225. The summed E-state index contributed by atoms with van der Waals surface area (Å²) >= 11 is 3.34. The van der Waals surface area contributed by atoms with E-state index in [2.05, 4.69) is 21.2 Å². The first-order valence-electron chi connectivity index (χ1n) is 4.23. The maximum atomic E-state index is 11.0. The first kappa shape index (κ1) is 10.3. The molecule has 0 aromatic heterocycles. The molecule has 0 spiro atoms. The van der Waals surface area contributed by atoms with E-state index in [-0.39, 0.29) is 5.78 Å². The van der Waals surface area contributed by atoms with E-state index in [0.29, 0.717) is 13.0 Å². The summed E-state index contributed by atoms with van der Waals surface area (Å²) in [5, 5.41) is 3.05. The number of carbonyl (C=O) groups is 1. The summed E-state index contributed by atoms with van der Waals surface area (Å²) in [4.78, 5) is 11.0. The van der Waals surface area contributed by atoms with E-state index < -0.39 is 0 Å². The molecule has 70 valence electrons. The lowest BCUT2D eigenvalue weighted by Crippen LogP contribution is -2.11. The molecule has 0 saturated heterocycles. The Kier molecular flexibility index (Phi) is 3.96. The quantitative estimate of drug-likeness (QED) is 0.879. The normalized spacial score (nSPS) is 9.69. The number of nitrogens with one attached hydrogen (secondary N) is 1. The molecule has 0 saturated carbocycles. The number of ketones is 1. The highest BCUT2D eigenvalue weighted by atomic mass is 79.9. The Hall–Kier alpha value is -0.830. The third kappa shape index (κ3) is 3.59. The molecule has 1 aromatic carbocycles. The van der Waals surface area contributed by atoms with Gasteiger partial charge in [0.2, 0.25) is 0 Å². The highest BCUT2D eigenvalue weighted by Gasteiger charge is 1.97. The molecule has 0 aliphatic carbocycles. The van der Waals surface area contributed by atoms with E-state index in [1.54, 1.807) is 0 Å². The second-order valence-electron chi connectivity index (χ2n) is 2.75. The van der Waals surface area contributed by atoms with Crippen molar-refractivity contribution < 1.29 is 4.79 Å². The van der Waals surface area contributed by atoms with E-state index in [4.69, 9.17) is 0 Å². The molecule has 0 unspecified atom stereocenters. The fourth-order valence-corrected chi connectivity index (χ4v) is 1.16. The lowest BCUT2D eigenvalue weighted by Gasteiger charge is -2.03. The molecule has 0 atom stereocenters. The molecule has 2 nitrogen and oxygen atoms in total. The SMILES string of the molecule is CCC(=O)CNc1ccc(Br)cc1. The predicted octanol–water partition coefficient (Wildman–Crippen LogP) is 2.84. The van der Waals surface area contributed by atoms with Gasteiger partial charge >= 0.3 is 0 Å². The zero-order valence-corrected chi connectivity index (χ0v) is 9.10. The molecular weight excluding hydrogens is 230 g/mol. The summed E-state index contributed by atoms with van der Waals surface area (Å²) in [5.41, 5.74) is 0.977. The van der Waals surface area contributed by atoms with Crippen LogP contribution >= 0.6 is 15.9 Å². The topological polar surface area (TPSA) is 29.1 Å². The van der Waals surface area contributed by atoms with Crippen molar-refractivity contribution >= 4 is 27.4 Å². The Morgan fingerprint density at radius 1 is 1.38 bits per heavy atom. The van der Waals surface area contributed by atoms with Gasteiger partial charge < -0.3 is 5.32 Å². The molecule has 1 N–H and O–H groups in total. The van der Waals surface area contributed by atoms with Gasteiger partial charge in [-0.05, 0) is 24.3 Å². The van der Waals surface area contributed by atoms with Crippen LogP contribution in [0, 0.1) is 0 Å². The maximum absolute atomic E-state index is 11.0. The van der Waals surface area contributed by atoms with Crippen molar-refractivity contribution in [2.45, 2.75) is 13.3 Å². The van der Waals surface area contributed by atoms with Gasteiger partial charge in [0, 0.05) is 16.6 Å². The standard InChI is InChI=1S/C10H12BrNO/c1-2-10(13)7-12-9-5-3-8(11)4-6-9/h3-6,12H,2,7H2,1H3. The number of hydrogen-bond acceptors (Lipinski definition) is 2. The van der Waals surface area contributed by atoms with Gasteiger partial charge in [-0.2, -0.15) is 0 Å². The van der Waals surface area contributed by atoms with Crippen LogP contribution in [-0.2, 0) is 4.79 Å². The minimum Gasteiger partial charge on any atom is -0.378 e. The third-order valence-electron chi connectivity index (χ3n) is 1.73. The molecule has 0 amide bonds. The Bertz CT molecular complexity index is 281. The molecule has 0 aliphatic heterocycles. The highest BCUT2D eigenvalue weighted by molar-refractivity contribution is 9.10. The monoisotopic (exact) mass is 241 g/mol. The van der Waals surface area contributed by atoms with Gasteiger partial charge in [0.1, 0.15) is 0 Å². The second kappa shape index (κ2) is 5.02. The van der Waals surface area contributed by atoms with E-state index in [1.807, 2.05) is 31.2 Å². The zero-order chi connectivity index (χ0) is 9.68. The average molecular weight is 242 g/mol. The third-order valence-corrected chi connectivity index (χ3v) is 2.26. The number of benzene rings is 1. The molecule has 1 rings (SSSR count). The van der Waals surface area contributed by atoms with E-state index >= 15 is 0 Å². The van der Waals surface area contributed by atoms with Gasteiger partial charge in [0.05, 0.1) is 6.54 Å². The summed E-state index contributed by atoms with van der Waals surface area (Å²) < 4.78 is 1.04. The summed E-state index contributed by atoms with van der Waals surface area (Å²) in [6, 6.07) is 7.76. The smallest absolute Gasteiger partial charge is 0.151 e. The van der Waals surface area contributed by atoms with Crippen LogP contribution in [0.1, 0.15) is 13.3 Å². The molecule has 0 bridgehead atoms. The maximum Gasteiger partial charge on any atom is 0.151 e. The van der Waals surface area contributed by atoms with Crippen LogP contribution < -0.4 is 5.32 Å². The number of hydrogen-bond donors (Lipinski definition) is 1. The van der Waals surface area contributed by atoms with E-state index in [1.165, 1.54) is 0 Å². The number of anilines is 1. The lowest BCUT2D eigenvalue weighted by molar-refractivity contribution is -0.117. The average Bonchev–Trinajstić information content (AvgIpc) is 2.16. The Morgan fingerprint density at radius 3 is 2.54 bits per heavy atom. The largest absolute Gasteiger partial charge is 0.378 e. The van der Waals surface area contributed by atoms with Crippen LogP contribution in [0.15, 0.2) is 28.7 Å². The van der Waals surface area contributed by atoms with Crippen molar-refractivity contribution in [2.75, 3.05) is 11.9 Å². The van der Waals surface area contributed by atoms with Crippen LogP contribution in [-0.4, -0.2) is 12.3 Å². The molecule has 0 heterocycles. The first-order valence-corrected chi connectivity index (χ1v) is 5.03. The van der Waals surface area contributed by atoms with Crippen LogP contribution in [0.2, 0.25) is 0 Å². The first-order chi connectivity index (χ1) is 6.22. The van der Waals surface area contributed by atoms with Gasteiger partial charge in [0.25, 0.3) is 0 Å². The van der Waals surface area contributed by atoms with Crippen LogP contribution in [0.5, 0.6) is 0 Å². The van der Waals surface area contributed by atoms with Gasteiger partial charge in [-0.1, -0.05) is 22.9 Å². The van der Waals surface area contributed by atoms with Crippen LogP contribution in [0.25, 0.3) is 0 Å². The summed E-state index contributed by atoms with van der Waals surface area (Å²) in [7, 11) is 0. The molecule has 0 fully saturated rings. The van der Waals surface area contributed by atoms with Crippen molar-refractivity contribution in [1.82, 2.24) is 0 Å². The Labute approximate surface area is 86.5 Å². The van der Waals surface area contributed by atoms with Crippen LogP contribution in [0.4, 0.5) is 5.69 Å². The predicted molar refractivity (Wildman–Crippen MR) is 57.9 cm³/mol. The van der Waals surface area contributed by atoms with Crippen molar-refractivity contribution in [3.05, 3.63) is 28.7 Å². The van der Waals surface area contributed by atoms with Crippen molar-refractivity contribution in [3.63, 3.8) is 0 Å². The van der Waals surface area contributed by atoms with Gasteiger partial charge in [-0.3, -0.25) is 4.79 Å². The van der Waals surface area contributed by atoms with Crippen molar-refractivity contribution in [1.29, 1.82) is 0 Å². The van der Waals surface area contributed by atoms with E-state index in [9.17, 15) is 4.79 Å². The molecule has 0 radical (unpaired) electrons. The van der Waals surface area contributed by atoms with Crippen molar-refractivity contribution in [3.8, 4) is 0 Å². The Balaban J connectivity index is 2.46. The number of carbonyl (C=O) groups excluding carboxylic acids is 1. The molecule has 1 aromatic rings. The fraction of sp³-hybridized carbons (Fsp3) is 0.300. The second-order valence-corrected chi connectivity index (χ2v) is 3.67. The minimum absolute atomic E-state index is 0.225. The van der Waals surface area contributed by atoms with Crippen molar-refractivity contribution in [2.24, 2.45) is 0 Å². The molecule has 13 heavy (non-hydrogen) atoms. The van der Waals surface area contributed by atoms with Gasteiger partial charge in [-0.25, -0.2) is 0 Å². The summed E-state index contributed by atoms with van der Waals surface area (Å²) in [6.45, 7) is 2.28. The number of Topliss-reactive ketones (excluding diaryl/α,β-unsaturated/α-hetero) is 1. The molecule has 3 heteroatoms. The van der Waals surface area contributed by atoms with Gasteiger partial charge in [0.15, 0.2) is 5.78 Å². The molecular formula is C10H12BrNO. The van der Waals surface area contributed by atoms with Gasteiger partial charge in [-0.15, -0.1) is 0 Å².